The summed E-state index contributed by atoms with van der Waals surface area (Å²) in [5, 5.41) is 0. The average Bonchev–Trinajstić information content (AvgIpc) is 3.30. The summed E-state index contributed by atoms with van der Waals surface area (Å²) in [5.74, 6) is -0.402. The van der Waals surface area contributed by atoms with E-state index in [1.54, 1.807) is 0 Å². The van der Waals surface area contributed by atoms with Gasteiger partial charge in [0.15, 0.2) is 0 Å². The van der Waals surface area contributed by atoms with Crippen molar-refractivity contribution in [1.29, 1.82) is 0 Å². The fourth-order valence-corrected chi connectivity index (χ4v) is 8.28. The number of anilines is 1. The van der Waals surface area contributed by atoms with E-state index in [-0.39, 0.29) is 29.5 Å². The molecule has 0 spiro atoms. The zero-order chi connectivity index (χ0) is 21.1. The first kappa shape index (κ1) is 20.9. The van der Waals surface area contributed by atoms with E-state index in [1.807, 2.05) is 12.2 Å². The quantitative estimate of drug-likeness (QED) is 0.231. The number of primary amides is 1. The van der Waals surface area contributed by atoms with Gasteiger partial charge in [0.2, 0.25) is 0 Å². The molecule has 1 aliphatic rings. The molecule has 0 radical (unpaired) electrons. The Labute approximate surface area is 189 Å². The Bertz CT molecular complexity index is 1190. The molecule has 30 heavy (non-hydrogen) atoms. The van der Waals surface area contributed by atoms with Crippen LogP contribution in [0.25, 0.3) is 15.9 Å². The third-order valence-corrected chi connectivity index (χ3v) is 9.75. The van der Waals surface area contributed by atoms with Gasteiger partial charge >= 0.3 is 190 Å². The van der Waals surface area contributed by atoms with Crippen LogP contribution in [0.4, 0.5) is 5.69 Å². The number of aryl methyl sites for hydroxylation is 1. The second kappa shape index (κ2) is 9.20. The van der Waals surface area contributed by atoms with Crippen LogP contribution in [0.5, 0.6) is 0 Å². The van der Waals surface area contributed by atoms with Crippen LogP contribution >= 0.6 is 0 Å². The first-order valence-corrected chi connectivity index (χ1v) is 13.4. The molecule has 4 rings (SSSR count). The van der Waals surface area contributed by atoms with Gasteiger partial charge in [0.1, 0.15) is 0 Å². The molecule has 0 bridgehead atoms. The molecule has 0 saturated carbocycles. The first-order chi connectivity index (χ1) is 14.6. The number of hydrogen-bond acceptors (Lipinski definition) is 2. The van der Waals surface area contributed by atoms with E-state index in [9.17, 15) is 4.79 Å². The molecule has 2 aromatic carbocycles. The number of benzene rings is 2. The molecule has 1 amide bonds. The van der Waals surface area contributed by atoms with Crippen LogP contribution in [0, 0.1) is 0 Å². The van der Waals surface area contributed by atoms with Crippen LogP contribution in [0.1, 0.15) is 18.4 Å². The Hall–Kier alpha value is -2.36. The van der Waals surface area contributed by atoms with E-state index in [0.717, 1.165) is 13.1 Å². The normalized spacial score (nSPS) is 15.5. The number of carbonyl (C=O) groups is 1. The molecule has 4 nitrogen and oxygen atoms in total. The third kappa shape index (κ3) is 4.10. The zero-order valence-corrected chi connectivity index (χ0v) is 20.5. The van der Waals surface area contributed by atoms with E-state index in [1.165, 1.54) is 29.1 Å². The molecule has 0 fully saturated rings. The summed E-state index contributed by atoms with van der Waals surface area (Å²) < 4.78 is 7.57. The number of nitrogens with zero attached hydrogens (tertiary/aromatic N) is 2. The minimum atomic E-state index is -0.402. The Morgan fingerprint density at radius 1 is 1.13 bits per heavy atom. The predicted octanol–water partition coefficient (Wildman–Crippen LogP) is 2.34. The molecule has 6 heteroatoms. The molecule has 2 heterocycles. The summed E-state index contributed by atoms with van der Waals surface area (Å²) in [4.78, 5) is 14.4. The standard InChI is InChI=1S/C24H23N3OSe2/c1-3-26-18-9-5-7-11-20(18)29-22(26)15-13-17(24(25)28)14-16-23-27(4-2)19-10-6-8-12-21(19)30-23/h5-16H,3-4H2,1-2H3,(H-,25,28)/p+1. The van der Waals surface area contributed by atoms with Gasteiger partial charge in [-0.15, -0.1) is 0 Å². The van der Waals surface area contributed by atoms with Crippen molar-refractivity contribution < 1.29 is 9.36 Å². The summed E-state index contributed by atoms with van der Waals surface area (Å²) in [6.07, 6.45) is 7.86. The minimum absolute atomic E-state index is 0.236. The Morgan fingerprint density at radius 2 is 1.90 bits per heavy atom. The molecule has 0 saturated heterocycles. The van der Waals surface area contributed by atoms with Gasteiger partial charge in [-0.05, 0) is 0 Å². The zero-order valence-electron chi connectivity index (χ0n) is 17.0. The van der Waals surface area contributed by atoms with Crippen molar-refractivity contribution in [3.05, 3.63) is 81.5 Å². The van der Waals surface area contributed by atoms with Gasteiger partial charge in [0.05, 0.1) is 0 Å². The number of hydrogen-bond donors (Lipinski definition) is 1. The van der Waals surface area contributed by atoms with Crippen LogP contribution in [0.2, 0.25) is 0 Å². The number of rotatable bonds is 6. The van der Waals surface area contributed by atoms with E-state index in [2.05, 4.69) is 84.0 Å². The van der Waals surface area contributed by atoms with Crippen molar-refractivity contribution in [2.24, 2.45) is 5.73 Å². The second-order valence-corrected chi connectivity index (χ2v) is 11.2. The summed E-state index contributed by atoms with van der Waals surface area (Å²) in [6.45, 7) is 6.12. The molecule has 0 unspecified atom stereocenters. The average molecular weight is 528 g/mol. The number of nitrogens with two attached hydrogens (primary N) is 1. The molecule has 1 aromatic heterocycles. The first-order valence-electron chi connectivity index (χ1n) is 9.98. The maximum absolute atomic E-state index is 12.1. The molecule has 152 valence electrons. The second-order valence-electron chi connectivity index (χ2n) is 6.79. The summed E-state index contributed by atoms with van der Waals surface area (Å²) in [7, 11) is 0. The van der Waals surface area contributed by atoms with E-state index in [0.29, 0.717) is 5.57 Å². The van der Waals surface area contributed by atoms with Gasteiger partial charge in [-0.3, -0.25) is 0 Å². The monoisotopic (exact) mass is 530 g/mol. The number of para-hydroxylation sites is 2. The Morgan fingerprint density at radius 3 is 2.67 bits per heavy atom. The van der Waals surface area contributed by atoms with Crippen molar-refractivity contribution >= 4 is 61.4 Å². The summed E-state index contributed by atoms with van der Waals surface area (Å²) in [6, 6.07) is 17.0. The van der Waals surface area contributed by atoms with Crippen LogP contribution in [0.15, 0.2) is 76.9 Å². The fourth-order valence-electron chi connectivity index (χ4n) is 3.55. The van der Waals surface area contributed by atoms with Crippen LogP contribution in [-0.4, -0.2) is 41.9 Å². The Balaban J connectivity index is 1.65. The predicted molar refractivity (Wildman–Crippen MR) is 126 cm³/mol. The molecule has 1 aliphatic heterocycles. The summed E-state index contributed by atoms with van der Waals surface area (Å²) in [5.41, 5.74) is 8.77. The SMILES string of the molecule is CCN1\C(=C/C=C(/C=C/c2[se]c3ccccc3[n+]2CC)C(N)=O)[Se]c2ccccc21. The van der Waals surface area contributed by atoms with Gasteiger partial charge in [-0.25, -0.2) is 0 Å². The number of aromatic nitrogens is 1. The maximum atomic E-state index is 12.1. The molecule has 0 aliphatic carbocycles. The fraction of sp³-hybridized carbons (Fsp3) is 0.167. The number of fused-ring (bicyclic) bond motifs is 2. The number of carbonyl (C=O) groups excluding carboxylic acids is 1. The van der Waals surface area contributed by atoms with Gasteiger partial charge in [-0.2, -0.15) is 0 Å². The third-order valence-electron chi connectivity index (χ3n) is 5.00. The molecule has 2 N–H and O–H groups in total. The van der Waals surface area contributed by atoms with Gasteiger partial charge < -0.3 is 0 Å². The molecule has 3 aromatic rings. The van der Waals surface area contributed by atoms with Crippen molar-refractivity contribution in [2.45, 2.75) is 20.4 Å². The van der Waals surface area contributed by atoms with Crippen LogP contribution in [-0.2, 0) is 11.3 Å². The van der Waals surface area contributed by atoms with E-state index in [4.69, 9.17) is 5.73 Å². The molecular weight excluding hydrogens is 504 g/mol. The van der Waals surface area contributed by atoms with E-state index < -0.39 is 5.91 Å². The van der Waals surface area contributed by atoms with Crippen molar-refractivity contribution in [1.82, 2.24) is 0 Å². The van der Waals surface area contributed by atoms with Crippen molar-refractivity contribution in [3.63, 3.8) is 0 Å². The summed E-state index contributed by atoms with van der Waals surface area (Å²) >= 11 is 0.471. The van der Waals surface area contributed by atoms with Gasteiger partial charge in [0, 0.05) is 0 Å². The topological polar surface area (TPSA) is 50.2 Å². The van der Waals surface area contributed by atoms with Crippen LogP contribution < -0.4 is 19.7 Å². The van der Waals surface area contributed by atoms with Crippen molar-refractivity contribution in [3.8, 4) is 0 Å². The number of allylic oxidation sites excluding steroid dienone is 2. The van der Waals surface area contributed by atoms with Gasteiger partial charge in [-0.1, -0.05) is 0 Å². The van der Waals surface area contributed by atoms with E-state index >= 15 is 0 Å². The van der Waals surface area contributed by atoms with Gasteiger partial charge in [0.25, 0.3) is 0 Å². The van der Waals surface area contributed by atoms with Crippen LogP contribution in [0.3, 0.4) is 0 Å². The number of amides is 1. The van der Waals surface area contributed by atoms with Crippen molar-refractivity contribution in [2.75, 3.05) is 11.4 Å². The Kier molecular flexibility index (Phi) is 6.40. The molecular formula is C24H24N3OSe2+. The molecule has 0 atom stereocenters.